The van der Waals surface area contributed by atoms with Crippen LogP contribution in [0, 0.1) is 18.3 Å². The minimum Gasteiger partial charge on any atom is -0.435 e. The molecule has 0 atom stereocenters. The molecule has 104 valence electrons. The maximum absolute atomic E-state index is 12.0. The molecule has 2 N–H and O–H groups in total. The van der Waals surface area contributed by atoms with Gasteiger partial charge in [-0.1, -0.05) is 12.1 Å². The molecule has 0 bridgehead atoms. The molecule has 1 heterocycles. The molecule has 0 fully saturated rings. The van der Waals surface area contributed by atoms with Crippen molar-refractivity contribution in [2.75, 3.05) is 5.73 Å². The molecule has 0 saturated heterocycles. The summed E-state index contributed by atoms with van der Waals surface area (Å²) in [6, 6.07) is 8.15. The largest absolute Gasteiger partial charge is 0.435 e. The first-order valence-corrected chi connectivity index (χ1v) is 5.78. The molecule has 5 nitrogen and oxygen atoms in total. The molecule has 7 heteroatoms. The molecular formula is C13H12F2N4O. The van der Waals surface area contributed by atoms with Crippen molar-refractivity contribution < 1.29 is 13.5 Å². The summed E-state index contributed by atoms with van der Waals surface area (Å²) in [4.78, 5) is 0. The summed E-state index contributed by atoms with van der Waals surface area (Å²) in [6.45, 7) is -0.794. The molecule has 20 heavy (non-hydrogen) atoms. The first-order chi connectivity index (χ1) is 9.51. The number of nitriles is 1. The number of rotatable bonds is 4. The van der Waals surface area contributed by atoms with Crippen molar-refractivity contribution in [3.8, 4) is 11.8 Å². The van der Waals surface area contributed by atoms with E-state index in [9.17, 15) is 8.78 Å². The number of ether oxygens (including phenoxy) is 1. The number of aromatic nitrogens is 2. The van der Waals surface area contributed by atoms with Crippen LogP contribution in [0.15, 0.2) is 24.3 Å². The third kappa shape index (κ3) is 2.85. The van der Waals surface area contributed by atoms with Crippen LogP contribution in [0.1, 0.15) is 16.8 Å². The number of nitrogens with zero attached hydrogens (tertiary/aromatic N) is 3. The second kappa shape index (κ2) is 5.57. The van der Waals surface area contributed by atoms with Crippen LogP contribution in [-0.2, 0) is 6.54 Å². The maximum atomic E-state index is 12.0. The van der Waals surface area contributed by atoms with Crippen LogP contribution in [0.4, 0.5) is 14.6 Å². The number of halogens is 2. The number of anilines is 1. The average molecular weight is 278 g/mol. The first kappa shape index (κ1) is 13.8. The molecule has 2 rings (SSSR count). The quantitative estimate of drug-likeness (QED) is 0.930. The van der Waals surface area contributed by atoms with Crippen molar-refractivity contribution in [3.05, 3.63) is 41.1 Å². The Morgan fingerprint density at radius 2 is 2.05 bits per heavy atom. The highest BCUT2D eigenvalue weighted by Crippen LogP contribution is 2.19. The summed E-state index contributed by atoms with van der Waals surface area (Å²) in [5.74, 6) is 0.379. The Morgan fingerprint density at radius 3 is 2.55 bits per heavy atom. The van der Waals surface area contributed by atoms with E-state index in [0.29, 0.717) is 17.8 Å². The van der Waals surface area contributed by atoms with Gasteiger partial charge in [-0.05, 0) is 24.6 Å². The molecule has 0 amide bonds. The average Bonchev–Trinajstić information content (AvgIpc) is 2.66. The number of aryl methyl sites for hydroxylation is 1. The van der Waals surface area contributed by atoms with E-state index >= 15 is 0 Å². The van der Waals surface area contributed by atoms with Crippen LogP contribution < -0.4 is 10.5 Å². The van der Waals surface area contributed by atoms with E-state index < -0.39 is 6.61 Å². The van der Waals surface area contributed by atoms with E-state index in [4.69, 9.17) is 11.0 Å². The highest BCUT2D eigenvalue weighted by Gasteiger charge is 2.12. The van der Waals surface area contributed by atoms with Gasteiger partial charge in [0.15, 0.2) is 0 Å². The molecule has 0 unspecified atom stereocenters. The highest BCUT2D eigenvalue weighted by atomic mass is 19.3. The molecule has 0 aliphatic rings. The van der Waals surface area contributed by atoms with E-state index in [0.717, 1.165) is 5.56 Å². The van der Waals surface area contributed by atoms with E-state index in [1.807, 2.05) is 6.07 Å². The van der Waals surface area contributed by atoms with Crippen LogP contribution >= 0.6 is 0 Å². The zero-order chi connectivity index (χ0) is 14.7. The summed E-state index contributed by atoms with van der Waals surface area (Å²) < 4.78 is 29.8. The van der Waals surface area contributed by atoms with Gasteiger partial charge >= 0.3 is 6.61 Å². The lowest BCUT2D eigenvalue weighted by atomic mass is 10.2. The Bertz CT molecular complexity index is 644. The summed E-state index contributed by atoms with van der Waals surface area (Å²) in [5, 5.41) is 13.1. The Balaban J connectivity index is 2.17. The summed E-state index contributed by atoms with van der Waals surface area (Å²) in [5.41, 5.74) is 7.53. The van der Waals surface area contributed by atoms with Crippen molar-refractivity contribution in [1.82, 2.24) is 9.78 Å². The SMILES string of the molecule is Cc1nn(Cc2ccc(OC(F)F)cc2)c(N)c1C#N. The lowest BCUT2D eigenvalue weighted by molar-refractivity contribution is -0.0498. The predicted molar refractivity (Wildman–Crippen MR) is 68.3 cm³/mol. The van der Waals surface area contributed by atoms with Crippen LogP contribution in [0.5, 0.6) is 5.75 Å². The molecule has 0 aliphatic heterocycles. The van der Waals surface area contributed by atoms with Crippen molar-refractivity contribution in [1.29, 1.82) is 5.26 Å². The Morgan fingerprint density at radius 1 is 1.40 bits per heavy atom. The van der Waals surface area contributed by atoms with Gasteiger partial charge in [0.25, 0.3) is 0 Å². The molecule has 0 aliphatic carbocycles. The minimum atomic E-state index is -2.84. The zero-order valence-corrected chi connectivity index (χ0v) is 10.7. The fraction of sp³-hybridized carbons (Fsp3) is 0.231. The summed E-state index contributed by atoms with van der Waals surface area (Å²) >= 11 is 0. The first-order valence-electron chi connectivity index (χ1n) is 5.78. The number of nitrogen functional groups attached to an aromatic ring is 1. The van der Waals surface area contributed by atoms with Crippen LogP contribution in [0.2, 0.25) is 0 Å². The smallest absolute Gasteiger partial charge is 0.387 e. The molecule has 1 aromatic heterocycles. The molecule has 0 spiro atoms. The molecule has 0 radical (unpaired) electrons. The van der Waals surface area contributed by atoms with Crippen LogP contribution in [0.3, 0.4) is 0 Å². The lowest BCUT2D eigenvalue weighted by Crippen LogP contribution is -2.07. The molecular weight excluding hydrogens is 266 g/mol. The summed E-state index contributed by atoms with van der Waals surface area (Å²) in [7, 11) is 0. The van der Waals surface area contributed by atoms with Gasteiger partial charge in [-0.25, -0.2) is 4.68 Å². The van der Waals surface area contributed by atoms with Crippen LogP contribution in [-0.4, -0.2) is 16.4 Å². The van der Waals surface area contributed by atoms with Gasteiger partial charge in [0.2, 0.25) is 0 Å². The Labute approximate surface area is 114 Å². The number of hydrogen-bond acceptors (Lipinski definition) is 4. The van der Waals surface area contributed by atoms with Gasteiger partial charge in [0.1, 0.15) is 23.2 Å². The normalized spacial score (nSPS) is 10.6. The molecule has 0 saturated carbocycles. The summed E-state index contributed by atoms with van der Waals surface area (Å²) in [6.07, 6.45) is 0. The number of nitrogens with two attached hydrogens (primary N) is 1. The van der Waals surface area contributed by atoms with Crippen molar-refractivity contribution in [2.45, 2.75) is 20.1 Å². The van der Waals surface area contributed by atoms with Gasteiger partial charge in [0.05, 0.1) is 12.2 Å². The zero-order valence-electron chi connectivity index (χ0n) is 10.7. The van der Waals surface area contributed by atoms with E-state index in [1.165, 1.54) is 16.8 Å². The fourth-order valence-corrected chi connectivity index (χ4v) is 1.81. The minimum absolute atomic E-state index is 0.0890. The van der Waals surface area contributed by atoms with Gasteiger partial charge in [-0.15, -0.1) is 0 Å². The molecule has 2 aromatic rings. The monoisotopic (exact) mass is 278 g/mol. The van der Waals surface area contributed by atoms with Gasteiger partial charge in [-0.2, -0.15) is 19.1 Å². The highest BCUT2D eigenvalue weighted by molar-refractivity contribution is 5.51. The van der Waals surface area contributed by atoms with Gasteiger partial charge in [-0.3, -0.25) is 0 Å². The molecule has 1 aromatic carbocycles. The second-order valence-electron chi connectivity index (χ2n) is 4.14. The van der Waals surface area contributed by atoms with E-state index in [-0.39, 0.29) is 11.6 Å². The number of alkyl halides is 2. The Hall–Kier alpha value is -2.62. The van der Waals surface area contributed by atoms with Crippen molar-refractivity contribution >= 4 is 5.82 Å². The van der Waals surface area contributed by atoms with Crippen molar-refractivity contribution in [3.63, 3.8) is 0 Å². The lowest BCUT2D eigenvalue weighted by Gasteiger charge is -2.07. The van der Waals surface area contributed by atoms with Gasteiger partial charge < -0.3 is 10.5 Å². The third-order valence-electron chi connectivity index (χ3n) is 2.76. The van der Waals surface area contributed by atoms with Crippen LogP contribution in [0.25, 0.3) is 0 Å². The van der Waals surface area contributed by atoms with E-state index in [1.54, 1.807) is 19.1 Å². The fourth-order valence-electron chi connectivity index (χ4n) is 1.81. The number of hydrogen-bond donors (Lipinski definition) is 1. The van der Waals surface area contributed by atoms with Gasteiger partial charge in [0, 0.05) is 0 Å². The third-order valence-corrected chi connectivity index (χ3v) is 2.76. The van der Waals surface area contributed by atoms with E-state index in [2.05, 4.69) is 9.84 Å². The van der Waals surface area contributed by atoms with Crippen molar-refractivity contribution in [2.24, 2.45) is 0 Å². The maximum Gasteiger partial charge on any atom is 0.387 e. The second-order valence-corrected chi connectivity index (χ2v) is 4.14. The standard InChI is InChI=1S/C13H12F2N4O/c1-8-11(6-16)12(17)19(18-8)7-9-2-4-10(5-3-9)20-13(14)15/h2-5,13H,7,17H2,1H3. The predicted octanol–water partition coefficient (Wildman–Crippen LogP) is 2.30. The topological polar surface area (TPSA) is 76.9 Å². The Kier molecular flexibility index (Phi) is 3.84. The number of benzene rings is 1.